The van der Waals surface area contributed by atoms with Crippen molar-refractivity contribution in [3.05, 3.63) is 0 Å². The van der Waals surface area contributed by atoms with Crippen molar-refractivity contribution in [2.24, 2.45) is 0 Å². The lowest BCUT2D eigenvalue weighted by Gasteiger charge is -2.39. The van der Waals surface area contributed by atoms with E-state index in [0.717, 1.165) is 0 Å². The summed E-state index contributed by atoms with van der Waals surface area (Å²) in [6, 6.07) is 1.65. The average molecular weight is 171 g/mol. The highest BCUT2D eigenvalue weighted by molar-refractivity contribution is 5.11. The van der Waals surface area contributed by atoms with Crippen LogP contribution in [0.4, 0.5) is 4.39 Å². The van der Waals surface area contributed by atoms with Crippen molar-refractivity contribution in [1.82, 2.24) is 0 Å². The molecule has 3 heteroatoms. The van der Waals surface area contributed by atoms with E-state index < -0.39 is 5.67 Å². The van der Waals surface area contributed by atoms with E-state index in [1.807, 2.05) is 20.8 Å². The minimum Gasteiger partial charge on any atom is -0.372 e. The number of alkyl halides is 1. The molecule has 0 spiro atoms. The Kier molecular flexibility index (Phi) is 2.13. The molecule has 0 heterocycles. The lowest BCUT2D eigenvalue weighted by molar-refractivity contribution is -0.134. The first-order valence-electron chi connectivity index (χ1n) is 4.13. The van der Waals surface area contributed by atoms with Crippen molar-refractivity contribution in [3.8, 4) is 6.07 Å². The second-order valence-electron chi connectivity index (χ2n) is 4.34. The smallest absolute Gasteiger partial charge is 0.201 e. The second-order valence-corrected chi connectivity index (χ2v) is 4.34. The van der Waals surface area contributed by atoms with Gasteiger partial charge in [-0.3, -0.25) is 0 Å². The summed E-state index contributed by atoms with van der Waals surface area (Å²) in [7, 11) is 0. The van der Waals surface area contributed by atoms with E-state index in [1.54, 1.807) is 6.07 Å². The molecule has 1 saturated carbocycles. The molecular formula is C9H14FNO. The Labute approximate surface area is 72.3 Å². The van der Waals surface area contributed by atoms with Crippen LogP contribution in [-0.4, -0.2) is 17.4 Å². The van der Waals surface area contributed by atoms with Gasteiger partial charge >= 0.3 is 0 Å². The number of ether oxygens (including phenoxy) is 1. The molecule has 68 valence electrons. The summed E-state index contributed by atoms with van der Waals surface area (Å²) in [4.78, 5) is 0. The fourth-order valence-electron chi connectivity index (χ4n) is 1.34. The van der Waals surface area contributed by atoms with Gasteiger partial charge in [-0.1, -0.05) is 0 Å². The van der Waals surface area contributed by atoms with Gasteiger partial charge in [-0.2, -0.15) is 5.26 Å². The van der Waals surface area contributed by atoms with Gasteiger partial charge in [0, 0.05) is 12.8 Å². The van der Waals surface area contributed by atoms with Crippen molar-refractivity contribution in [2.75, 3.05) is 0 Å². The van der Waals surface area contributed by atoms with Crippen LogP contribution in [-0.2, 0) is 4.74 Å². The molecule has 2 nitrogen and oxygen atoms in total. The minimum absolute atomic E-state index is 0.0744. The van der Waals surface area contributed by atoms with Gasteiger partial charge in [0.25, 0.3) is 0 Å². The van der Waals surface area contributed by atoms with E-state index in [9.17, 15) is 4.39 Å². The number of hydrogen-bond donors (Lipinski definition) is 0. The molecule has 0 radical (unpaired) electrons. The standard InChI is InChI=1S/C9H14FNO/c1-8(2,3)12-7-4-9(10,5-7)6-11/h7H,4-5H2,1-3H3. The second kappa shape index (κ2) is 2.70. The number of nitrogens with zero attached hydrogens (tertiary/aromatic N) is 1. The van der Waals surface area contributed by atoms with Crippen molar-refractivity contribution >= 4 is 0 Å². The first-order chi connectivity index (χ1) is 5.35. The van der Waals surface area contributed by atoms with E-state index in [1.165, 1.54) is 0 Å². The van der Waals surface area contributed by atoms with E-state index in [-0.39, 0.29) is 24.5 Å². The lowest BCUT2D eigenvalue weighted by atomic mass is 9.80. The number of halogens is 1. The molecule has 1 aliphatic rings. The molecule has 0 aromatic heterocycles. The molecule has 12 heavy (non-hydrogen) atoms. The molecule has 0 aromatic rings. The molecule has 0 unspecified atom stereocenters. The van der Waals surface area contributed by atoms with Gasteiger partial charge in [0.15, 0.2) is 0 Å². The molecule has 0 atom stereocenters. The van der Waals surface area contributed by atoms with Gasteiger partial charge in [-0.15, -0.1) is 0 Å². The van der Waals surface area contributed by atoms with Crippen LogP contribution >= 0.6 is 0 Å². The maximum Gasteiger partial charge on any atom is 0.201 e. The lowest BCUT2D eigenvalue weighted by Crippen LogP contribution is -2.46. The number of rotatable bonds is 1. The Balaban J connectivity index is 2.32. The SMILES string of the molecule is CC(C)(C)OC1CC(F)(C#N)C1. The van der Waals surface area contributed by atoms with E-state index in [2.05, 4.69) is 0 Å². The Morgan fingerprint density at radius 3 is 2.33 bits per heavy atom. The summed E-state index contributed by atoms with van der Waals surface area (Å²) in [6.07, 6.45) is 0.372. The molecule has 1 rings (SSSR count). The molecule has 0 bridgehead atoms. The van der Waals surface area contributed by atoms with Crippen LogP contribution in [0.2, 0.25) is 0 Å². The average Bonchev–Trinajstić information content (AvgIpc) is 1.81. The Hall–Kier alpha value is -0.620. The molecule has 0 aliphatic heterocycles. The number of hydrogen-bond acceptors (Lipinski definition) is 2. The first-order valence-corrected chi connectivity index (χ1v) is 4.13. The zero-order valence-electron chi connectivity index (χ0n) is 7.72. The number of nitriles is 1. The molecule has 0 saturated heterocycles. The highest BCUT2D eigenvalue weighted by atomic mass is 19.1. The summed E-state index contributed by atoms with van der Waals surface area (Å²) in [5, 5.41) is 8.38. The first kappa shape index (κ1) is 9.47. The van der Waals surface area contributed by atoms with Gasteiger partial charge in [0.1, 0.15) is 6.07 Å². The molecule has 0 amide bonds. The quantitative estimate of drug-likeness (QED) is 0.606. The third-order valence-electron chi connectivity index (χ3n) is 1.82. The highest BCUT2D eigenvalue weighted by Crippen LogP contribution is 2.39. The maximum absolute atomic E-state index is 13.0. The van der Waals surface area contributed by atoms with Crippen LogP contribution in [0.5, 0.6) is 0 Å². The van der Waals surface area contributed by atoms with Crippen LogP contribution in [0.15, 0.2) is 0 Å². The summed E-state index contributed by atoms with van der Waals surface area (Å²) >= 11 is 0. The largest absolute Gasteiger partial charge is 0.372 e. The van der Waals surface area contributed by atoms with Crippen LogP contribution < -0.4 is 0 Å². The van der Waals surface area contributed by atoms with Crippen LogP contribution in [0, 0.1) is 11.3 Å². The Morgan fingerprint density at radius 1 is 1.50 bits per heavy atom. The summed E-state index contributed by atoms with van der Waals surface area (Å²) in [5.41, 5.74) is -1.85. The van der Waals surface area contributed by atoms with Crippen molar-refractivity contribution < 1.29 is 9.13 Å². The van der Waals surface area contributed by atoms with E-state index in [0.29, 0.717) is 0 Å². The topological polar surface area (TPSA) is 33.0 Å². The predicted octanol–water partition coefficient (Wildman–Crippen LogP) is 2.20. The summed E-state index contributed by atoms with van der Waals surface area (Å²) in [5.74, 6) is 0. The van der Waals surface area contributed by atoms with E-state index in [4.69, 9.17) is 10.00 Å². The predicted molar refractivity (Wildman–Crippen MR) is 43.3 cm³/mol. The summed E-state index contributed by atoms with van der Waals surface area (Å²) < 4.78 is 18.5. The van der Waals surface area contributed by atoms with Gasteiger partial charge in [0.2, 0.25) is 5.67 Å². The van der Waals surface area contributed by atoms with Gasteiger partial charge in [-0.25, -0.2) is 4.39 Å². The Morgan fingerprint density at radius 2 is 2.00 bits per heavy atom. The van der Waals surface area contributed by atoms with Crippen molar-refractivity contribution in [3.63, 3.8) is 0 Å². The van der Waals surface area contributed by atoms with Gasteiger partial charge in [-0.05, 0) is 20.8 Å². The fourth-order valence-corrected chi connectivity index (χ4v) is 1.34. The minimum atomic E-state index is -1.62. The van der Waals surface area contributed by atoms with Gasteiger partial charge < -0.3 is 4.74 Å². The van der Waals surface area contributed by atoms with Crippen LogP contribution in [0.3, 0.4) is 0 Å². The monoisotopic (exact) mass is 171 g/mol. The molecule has 1 fully saturated rings. The zero-order valence-corrected chi connectivity index (χ0v) is 7.72. The molecule has 0 N–H and O–H groups in total. The third-order valence-corrected chi connectivity index (χ3v) is 1.82. The zero-order chi connectivity index (χ0) is 9.41. The fraction of sp³-hybridized carbons (Fsp3) is 0.889. The highest BCUT2D eigenvalue weighted by Gasteiger charge is 2.47. The van der Waals surface area contributed by atoms with Crippen molar-refractivity contribution in [1.29, 1.82) is 5.26 Å². The van der Waals surface area contributed by atoms with Crippen molar-refractivity contribution in [2.45, 2.75) is 51.0 Å². The maximum atomic E-state index is 13.0. The summed E-state index contributed by atoms with van der Waals surface area (Å²) in [6.45, 7) is 5.78. The molecular weight excluding hydrogens is 157 g/mol. The Bertz CT molecular complexity index is 208. The van der Waals surface area contributed by atoms with Crippen LogP contribution in [0.25, 0.3) is 0 Å². The molecule has 1 aliphatic carbocycles. The third kappa shape index (κ3) is 2.18. The van der Waals surface area contributed by atoms with Gasteiger partial charge in [0.05, 0.1) is 11.7 Å². The van der Waals surface area contributed by atoms with Crippen LogP contribution in [0.1, 0.15) is 33.6 Å². The normalized spacial score (nSPS) is 35.4. The molecule has 0 aromatic carbocycles. The van der Waals surface area contributed by atoms with E-state index >= 15 is 0 Å².